The number of anilines is 1. The van der Waals surface area contributed by atoms with E-state index in [9.17, 15) is 18.4 Å². The number of thioether (sulfide) groups is 1. The van der Waals surface area contributed by atoms with E-state index in [0.29, 0.717) is 29.1 Å². The normalized spacial score (nSPS) is 16.8. The lowest BCUT2D eigenvalue weighted by Crippen LogP contribution is -2.39. The Balaban J connectivity index is 1.46. The Morgan fingerprint density at radius 1 is 1.11 bits per heavy atom. The van der Waals surface area contributed by atoms with E-state index in [1.165, 1.54) is 18.2 Å². The van der Waals surface area contributed by atoms with Crippen molar-refractivity contribution in [3.63, 3.8) is 0 Å². The number of aromatic amines is 1. The summed E-state index contributed by atoms with van der Waals surface area (Å²) >= 11 is 1.94. The number of benzene rings is 2. The van der Waals surface area contributed by atoms with Crippen molar-refractivity contribution in [2.24, 2.45) is 0 Å². The molecule has 3 aromatic rings. The molecule has 6 nitrogen and oxygen atoms in total. The van der Waals surface area contributed by atoms with Crippen LogP contribution < -0.4 is 10.6 Å². The van der Waals surface area contributed by atoms with Crippen molar-refractivity contribution in [3.05, 3.63) is 76.6 Å². The Bertz CT molecular complexity index is 1340. The molecule has 1 saturated heterocycles. The van der Waals surface area contributed by atoms with Gasteiger partial charge in [0.25, 0.3) is 11.8 Å². The number of nitrogens with zero attached hydrogens (tertiary/aromatic N) is 1. The molecular formula is C27H26F2N4O2S. The average molecular weight is 509 g/mol. The van der Waals surface area contributed by atoms with Crippen LogP contribution in [0.15, 0.2) is 42.5 Å². The number of hydrogen-bond donors (Lipinski definition) is 3. The number of H-pyrrole nitrogens is 1. The van der Waals surface area contributed by atoms with Crippen LogP contribution in [0, 0.1) is 18.6 Å². The van der Waals surface area contributed by atoms with E-state index in [2.05, 4.69) is 20.5 Å². The standard InChI is InChI=1S/C27H26F2N4O2S/c1-16-14-18(26(34)30-8-9-33-10-12-36-13-11-33)23(31-16)15-19-24-17(4-2-7-22(24)32-27(19)35)25-20(28)5-3-6-21(25)29/h2-7,14-15,31H,8-13H2,1H3,(H,30,34)(H,32,35)/b19-15-. The molecule has 0 spiro atoms. The quantitative estimate of drug-likeness (QED) is 0.428. The molecule has 186 valence electrons. The van der Waals surface area contributed by atoms with Gasteiger partial charge in [-0.15, -0.1) is 0 Å². The number of carbonyl (C=O) groups is 2. The second-order valence-corrected chi connectivity index (χ2v) is 10.1. The first-order chi connectivity index (χ1) is 17.4. The van der Waals surface area contributed by atoms with E-state index >= 15 is 0 Å². The summed E-state index contributed by atoms with van der Waals surface area (Å²) in [7, 11) is 0. The summed E-state index contributed by atoms with van der Waals surface area (Å²) < 4.78 is 29.3. The maximum atomic E-state index is 14.7. The number of rotatable bonds is 6. The van der Waals surface area contributed by atoms with E-state index in [1.54, 1.807) is 30.3 Å². The molecular weight excluding hydrogens is 482 g/mol. The second kappa shape index (κ2) is 10.3. The highest BCUT2D eigenvalue weighted by atomic mass is 32.2. The third-order valence-electron chi connectivity index (χ3n) is 6.39. The maximum Gasteiger partial charge on any atom is 0.256 e. The summed E-state index contributed by atoms with van der Waals surface area (Å²) in [4.78, 5) is 31.4. The van der Waals surface area contributed by atoms with Crippen LogP contribution in [-0.2, 0) is 4.79 Å². The minimum Gasteiger partial charge on any atom is -0.358 e. The molecule has 9 heteroatoms. The van der Waals surface area contributed by atoms with E-state index in [-0.39, 0.29) is 22.6 Å². The van der Waals surface area contributed by atoms with Crippen molar-refractivity contribution in [2.45, 2.75) is 6.92 Å². The molecule has 0 unspecified atom stereocenters. The van der Waals surface area contributed by atoms with E-state index in [4.69, 9.17) is 0 Å². The minimum absolute atomic E-state index is 0.200. The van der Waals surface area contributed by atoms with Gasteiger partial charge in [-0.3, -0.25) is 14.5 Å². The van der Waals surface area contributed by atoms with Crippen LogP contribution in [0.3, 0.4) is 0 Å². The largest absolute Gasteiger partial charge is 0.358 e. The van der Waals surface area contributed by atoms with Crippen LogP contribution in [0.4, 0.5) is 14.5 Å². The van der Waals surface area contributed by atoms with Gasteiger partial charge in [0.1, 0.15) is 11.6 Å². The number of halogens is 2. The number of nitrogens with one attached hydrogen (secondary N) is 3. The summed E-state index contributed by atoms with van der Waals surface area (Å²) in [5, 5.41) is 5.74. The Hall–Kier alpha value is -3.43. The number of hydrogen-bond acceptors (Lipinski definition) is 4. The molecule has 0 atom stereocenters. The first-order valence-electron chi connectivity index (χ1n) is 11.8. The lowest BCUT2D eigenvalue weighted by Gasteiger charge is -2.25. The van der Waals surface area contributed by atoms with Crippen LogP contribution in [0.5, 0.6) is 0 Å². The molecule has 0 saturated carbocycles. The van der Waals surface area contributed by atoms with Gasteiger partial charge in [0.05, 0.1) is 22.4 Å². The van der Waals surface area contributed by atoms with Crippen LogP contribution in [0.25, 0.3) is 22.8 Å². The Morgan fingerprint density at radius 2 is 1.83 bits per heavy atom. The highest BCUT2D eigenvalue weighted by molar-refractivity contribution is 7.99. The fourth-order valence-electron chi connectivity index (χ4n) is 4.65. The van der Waals surface area contributed by atoms with Crippen LogP contribution in [0.2, 0.25) is 0 Å². The van der Waals surface area contributed by atoms with Gasteiger partial charge in [-0.25, -0.2) is 8.78 Å². The molecule has 0 aliphatic carbocycles. The number of aryl methyl sites for hydroxylation is 1. The monoisotopic (exact) mass is 508 g/mol. The third-order valence-corrected chi connectivity index (χ3v) is 7.33. The van der Waals surface area contributed by atoms with Crippen LogP contribution >= 0.6 is 11.8 Å². The second-order valence-electron chi connectivity index (χ2n) is 8.83. The van der Waals surface area contributed by atoms with Crippen LogP contribution in [0.1, 0.15) is 27.3 Å². The van der Waals surface area contributed by atoms with Gasteiger partial charge in [-0.2, -0.15) is 11.8 Å². The number of carbonyl (C=O) groups excluding carboxylic acids is 2. The Labute approximate surface area is 212 Å². The lowest BCUT2D eigenvalue weighted by atomic mass is 9.93. The van der Waals surface area contributed by atoms with Gasteiger partial charge in [-0.05, 0) is 42.8 Å². The number of fused-ring (bicyclic) bond motifs is 1. The van der Waals surface area contributed by atoms with Crippen LogP contribution in [-0.4, -0.2) is 59.4 Å². The SMILES string of the molecule is Cc1cc(C(=O)NCCN2CCSCC2)c(/C=C2\C(=O)Nc3cccc(-c4c(F)cccc4F)c32)[nH]1. The van der Waals surface area contributed by atoms with Crippen molar-refractivity contribution in [3.8, 4) is 11.1 Å². The van der Waals surface area contributed by atoms with E-state index in [1.807, 2.05) is 18.7 Å². The highest BCUT2D eigenvalue weighted by Gasteiger charge is 2.30. The average Bonchev–Trinajstić information content (AvgIpc) is 3.39. The molecule has 2 aliphatic heterocycles. The fraction of sp³-hybridized carbons (Fsp3) is 0.259. The summed E-state index contributed by atoms with van der Waals surface area (Å²) in [6.45, 7) is 5.15. The molecule has 1 fully saturated rings. The summed E-state index contributed by atoms with van der Waals surface area (Å²) in [6, 6.07) is 10.3. The Kier molecular flexibility index (Phi) is 6.93. The molecule has 36 heavy (non-hydrogen) atoms. The first-order valence-corrected chi connectivity index (χ1v) is 13.0. The third kappa shape index (κ3) is 4.81. The van der Waals surface area contributed by atoms with Crippen molar-refractivity contribution >= 4 is 40.9 Å². The molecule has 3 heterocycles. The zero-order chi connectivity index (χ0) is 25.2. The summed E-state index contributed by atoms with van der Waals surface area (Å²) in [5.74, 6) is 0.117. The smallest absolute Gasteiger partial charge is 0.256 e. The number of amides is 2. The van der Waals surface area contributed by atoms with E-state index < -0.39 is 17.5 Å². The fourth-order valence-corrected chi connectivity index (χ4v) is 5.63. The maximum absolute atomic E-state index is 14.7. The minimum atomic E-state index is -0.717. The molecule has 5 rings (SSSR count). The molecule has 2 amide bonds. The van der Waals surface area contributed by atoms with Gasteiger partial charge in [0.15, 0.2) is 0 Å². The predicted octanol–water partition coefficient (Wildman–Crippen LogP) is 4.54. The summed E-state index contributed by atoms with van der Waals surface area (Å²) in [6.07, 6.45) is 1.58. The molecule has 0 bridgehead atoms. The van der Waals surface area contributed by atoms with Gasteiger partial charge < -0.3 is 15.6 Å². The lowest BCUT2D eigenvalue weighted by molar-refractivity contribution is -0.110. The zero-order valence-corrected chi connectivity index (χ0v) is 20.6. The topological polar surface area (TPSA) is 77.2 Å². The van der Waals surface area contributed by atoms with Crippen molar-refractivity contribution in [1.82, 2.24) is 15.2 Å². The first kappa shape index (κ1) is 24.3. The van der Waals surface area contributed by atoms with Crippen molar-refractivity contribution in [1.29, 1.82) is 0 Å². The van der Waals surface area contributed by atoms with Gasteiger partial charge in [-0.1, -0.05) is 18.2 Å². The highest BCUT2D eigenvalue weighted by Crippen LogP contribution is 2.42. The van der Waals surface area contributed by atoms with Crippen molar-refractivity contribution < 1.29 is 18.4 Å². The van der Waals surface area contributed by atoms with Crippen molar-refractivity contribution in [2.75, 3.05) is 43.0 Å². The molecule has 2 aromatic carbocycles. The van der Waals surface area contributed by atoms with Gasteiger partial charge in [0, 0.05) is 54.6 Å². The van der Waals surface area contributed by atoms with E-state index in [0.717, 1.165) is 36.8 Å². The Morgan fingerprint density at radius 3 is 2.58 bits per heavy atom. The van der Waals surface area contributed by atoms with Gasteiger partial charge >= 0.3 is 0 Å². The number of aromatic nitrogens is 1. The zero-order valence-electron chi connectivity index (χ0n) is 19.8. The predicted molar refractivity (Wildman–Crippen MR) is 140 cm³/mol. The molecule has 2 aliphatic rings. The van der Waals surface area contributed by atoms with Gasteiger partial charge in [0.2, 0.25) is 0 Å². The molecule has 1 aromatic heterocycles. The molecule has 0 radical (unpaired) electrons. The molecule has 3 N–H and O–H groups in total. The summed E-state index contributed by atoms with van der Waals surface area (Å²) in [5.41, 5.74) is 2.77.